The van der Waals surface area contributed by atoms with Gasteiger partial charge >= 0.3 is 6.03 Å². The highest BCUT2D eigenvalue weighted by Gasteiger charge is 2.24. The Morgan fingerprint density at radius 2 is 2.08 bits per heavy atom. The largest absolute Gasteiger partial charge is 0.492 e. The second-order valence-electron chi connectivity index (χ2n) is 6.71. The van der Waals surface area contributed by atoms with Gasteiger partial charge in [-0.3, -0.25) is 4.79 Å². The number of likely N-dealkylation sites (tertiary alicyclic amines) is 1. The Hall–Kier alpha value is -2.24. The number of hydrogen-bond acceptors (Lipinski definition) is 3. The van der Waals surface area contributed by atoms with Crippen molar-refractivity contribution in [2.24, 2.45) is 11.8 Å². The molecule has 6 heteroatoms. The molecular weight excluding hydrogens is 318 g/mol. The van der Waals surface area contributed by atoms with Crippen molar-refractivity contribution in [1.29, 1.82) is 0 Å². The number of ether oxygens (including phenoxy) is 1. The van der Waals surface area contributed by atoms with E-state index in [0.29, 0.717) is 37.1 Å². The highest BCUT2D eigenvalue weighted by atomic mass is 16.5. The van der Waals surface area contributed by atoms with Crippen LogP contribution in [-0.2, 0) is 4.79 Å². The maximum Gasteiger partial charge on any atom is 0.321 e. The molecule has 138 valence electrons. The monoisotopic (exact) mass is 347 g/mol. The van der Waals surface area contributed by atoms with Gasteiger partial charge in [0.25, 0.3) is 0 Å². The fourth-order valence-electron chi connectivity index (χ4n) is 2.91. The van der Waals surface area contributed by atoms with Gasteiger partial charge in [0.1, 0.15) is 5.75 Å². The first-order valence-electron chi connectivity index (χ1n) is 9.06. The normalized spacial score (nSPS) is 17.3. The summed E-state index contributed by atoms with van der Waals surface area (Å²) in [6.07, 6.45) is 1.97. The van der Waals surface area contributed by atoms with Crippen LogP contribution in [0.1, 0.15) is 33.6 Å². The second kappa shape index (κ2) is 9.30. The topological polar surface area (TPSA) is 70.7 Å². The lowest BCUT2D eigenvalue weighted by Crippen LogP contribution is -2.45. The minimum absolute atomic E-state index is 0.0157. The number of nitrogens with zero attached hydrogens (tertiary/aromatic N) is 1. The summed E-state index contributed by atoms with van der Waals surface area (Å²) in [5.41, 5.74) is 0.685. The van der Waals surface area contributed by atoms with Crippen LogP contribution in [0.15, 0.2) is 24.3 Å². The molecule has 1 saturated heterocycles. The number of rotatable bonds is 6. The van der Waals surface area contributed by atoms with Crippen molar-refractivity contribution in [2.45, 2.75) is 33.6 Å². The third-order valence-electron chi connectivity index (χ3n) is 4.32. The van der Waals surface area contributed by atoms with Gasteiger partial charge in [-0.1, -0.05) is 26.0 Å². The zero-order valence-corrected chi connectivity index (χ0v) is 15.4. The molecule has 2 rings (SSSR count). The standard InChI is InChI=1S/C19H29N3O3/c1-4-25-17-10-6-5-9-16(17)21-19(24)22-11-7-8-15(13-22)12-20-18(23)14(2)3/h5-6,9-10,14-15H,4,7-8,11-13H2,1-3H3,(H,20,23)(H,21,24)/t15-/m0/s1. The summed E-state index contributed by atoms with van der Waals surface area (Å²) in [4.78, 5) is 26.1. The van der Waals surface area contributed by atoms with Gasteiger partial charge in [0.2, 0.25) is 5.91 Å². The molecule has 1 fully saturated rings. The van der Waals surface area contributed by atoms with Crippen molar-refractivity contribution in [2.75, 3.05) is 31.6 Å². The van der Waals surface area contributed by atoms with Gasteiger partial charge < -0.3 is 20.3 Å². The molecule has 0 spiro atoms. The van der Waals surface area contributed by atoms with Crippen LogP contribution in [0.4, 0.5) is 10.5 Å². The number of para-hydroxylation sites is 2. The molecular formula is C19H29N3O3. The van der Waals surface area contributed by atoms with Crippen LogP contribution < -0.4 is 15.4 Å². The summed E-state index contributed by atoms with van der Waals surface area (Å²) in [5.74, 6) is 1.02. The first-order chi connectivity index (χ1) is 12.0. The van der Waals surface area contributed by atoms with E-state index in [9.17, 15) is 9.59 Å². The molecule has 1 aromatic carbocycles. The number of anilines is 1. The molecule has 0 saturated carbocycles. The Labute approximate surface area is 149 Å². The van der Waals surface area contributed by atoms with Crippen molar-refractivity contribution >= 4 is 17.6 Å². The number of benzene rings is 1. The molecule has 0 radical (unpaired) electrons. The molecule has 25 heavy (non-hydrogen) atoms. The van der Waals surface area contributed by atoms with E-state index in [-0.39, 0.29) is 17.9 Å². The van der Waals surface area contributed by atoms with Crippen molar-refractivity contribution in [3.63, 3.8) is 0 Å². The van der Waals surface area contributed by atoms with Gasteiger partial charge in [-0.05, 0) is 37.8 Å². The Bertz CT molecular complexity index is 589. The summed E-state index contributed by atoms with van der Waals surface area (Å²) in [7, 11) is 0. The minimum Gasteiger partial charge on any atom is -0.492 e. The molecule has 0 bridgehead atoms. The van der Waals surface area contributed by atoms with Gasteiger partial charge in [-0.2, -0.15) is 0 Å². The van der Waals surface area contributed by atoms with Crippen LogP contribution >= 0.6 is 0 Å². The van der Waals surface area contributed by atoms with E-state index in [4.69, 9.17) is 4.74 Å². The fraction of sp³-hybridized carbons (Fsp3) is 0.579. The summed E-state index contributed by atoms with van der Waals surface area (Å²) in [6, 6.07) is 7.33. The third-order valence-corrected chi connectivity index (χ3v) is 4.32. The number of piperidine rings is 1. The third kappa shape index (κ3) is 5.66. The van der Waals surface area contributed by atoms with Gasteiger partial charge in [-0.25, -0.2) is 4.79 Å². The van der Waals surface area contributed by atoms with Crippen LogP contribution in [0.25, 0.3) is 0 Å². The first kappa shape index (κ1) is 19.1. The molecule has 1 atom stereocenters. The average Bonchev–Trinajstić information content (AvgIpc) is 2.61. The minimum atomic E-state index is -0.118. The van der Waals surface area contributed by atoms with E-state index in [2.05, 4.69) is 10.6 Å². The van der Waals surface area contributed by atoms with Crippen LogP contribution in [0.3, 0.4) is 0 Å². The smallest absolute Gasteiger partial charge is 0.321 e. The number of hydrogen-bond donors (Lipinski definition) is 2. The van der Waals surface area contributed by atoms with Crippen LogP contribution in [0, 0.1) is 11.8 Å². The molecule has 0 unspecified atom stereocenters. The second-order valence-corrected chi connectivity index (χ2v) is 6.71. The van der Waals surface area contributed by atoms with Gasteiger partial charge in [0, 0.05) is 25.6 Å². The van der Waals surface area contributed by atoms with E-state index in [1.807, 2.05) is 49.9 Å². The summed E-state index contributed by atoms with van der Waals surface area (Å²) >= 11 is 0. The fourth-order valence-corrected chi connectivity index (χ4v) is 2.91. The Balaban J connectivity index is 1.90. The van der Waals surface area contributed by atoms with Crippen LogP contribution in [0.5, 0.6) is 5.75 Å². The highest BCUT2D eigenvalue weighted by molar-refractivity contribution is 5.91. The Morgan fingerprint density at radius 1 is 1.32 bits per heavy atom. The van der Waals surface area contributed by atoms with E-state index in [1.54, 1.807) is 0 Å². The maximum atomic E-state index is 12.6. The zero-order chi connectivity index (χ0) is 18.2. The van der Waals surface area contributed by atoms with Crippen molar-refractivity contribution in [3.05, 3.63) is 24.3 Å². The number of urea groups is 1. The summed E-state index contributed by atoms with van der Waals surface area (Å²) in [5, 5.41) is 5.91. The molecule has 3 amide bonds. The summed E-state index contributed by atoms with van der Waals surface area (Å²) in [6.45, 7) is 8.24. The molecule has 0 aromatic heterocycles. The van der Waals surface area contributed by atoms with Crippen molar-refractivity contribution < 1.29 is 14.3 Å². The lowest BCUT2D eigenvalue weighted by atomic mass is 9.98. The van der Waals surface area contributed by atoms with Gasteiger partial charge in [0.05, 0.1) is 12.3 Å². The van der Waals surface area contributed by atoms with Crippen LogP contribution in [0.2, 0.25) is 0 Å². The predicted molar refractivity (Wildman–Crippen MR) is 98.8 cm³/mol. The number of nitrogens with one attached hydrogen (secondary N) is 2. The predicted octanol–water partition coefficient (Wildman–Crippen LogP) is 3.10. The number of amides is 3. The molecule has 6 nitrogen and oxygen atoms in total. The van der Waals surface area contributed by atoms with E-state index in [0.717, 1.165) is 19.4 Å². The molecule has 1 aliphatic rings. The lowest BCUT2D eigenvalue weighted by molar-refractivity contribution is -0.124. The molecule has 1 heterocycles. The van der Waals surface area contributed by atoms with E-state index < -0.39 is 0 Å². The Morgan fingerprint density at radius 3 is 2.80 bits per heavy atom. The molecule has 2 N–H and O–H groups in total. The van der Waals surface area contributed by atoms with Crippen LogP contribution in [-0.4, -0.2) is 43.1 Å². The zero-order valence-electron chi connectivity index (χ0n) is 15.4. The number of carbonyl (C=O) groups is 2. The molecule has 0 aliphatic carbocycles. The maximum absolute atomic E-state index is 12.6. The summed E-state index contributed by atoms with van der Waals surface area (Å²) < 4.78 is 5.55. The SMILES string of the molecule is CCOc1ccccc1NC(=O)N1CCC[C@@H](CNC(=O)C(C)C)C1. The number of carbonyl (C=O) groups excluding carboxylic acids is 2. The van der Waals surface area contributed by atoms with Crippen molar-refractivity contribution in [1.82, 2.24) is 10.2 Å². The average molecular weight is 347 g/mol. The molecule has 1 aromatic rings. The highest BCUT2D eigenvalue weighted by Crippen LogP contribution is 2.25. The lowest BCUT2D eigenvalue weighted by Gasteiger charge is -2.33. The van der Waals surface area contributed by atoms with E-state index in [1.165, 1.54) is 0 Å². The first-order valence-corrected chi connectivity index (χ1v) is 9.06. The van der Waals surface area contributed by atoms with Gasteiger partial charge in [0.15, 0.2) is 0 Å². The van der Waals surface area contributed by atoms with Crippen molar-refractivity contribution in [3.8, 4) is 5.75 Å². The quantitative estimate of drug-likeness (QED) is 0.831. The Kier molecular flexibility index (Phi) is 7.10. The van der Waals surface area contributed by atoms with E-state index >= 15 is 0 Å². The van der Waals surface area contributed by atoms with Gasteiger partial charge in [-0.15, -0.1) is 0 Å². The molecule has 1 aliphatic heterocycles.